The van der Waals surface area contributed by atoms with Crippen molar-refractivity contribution in [3.63, 3.8) is 0 Å². The maximum absolute atomic E-state index is 10.4. The quantitative estimate of drug-likeness (QED) is 0.391. The molecule has 16 heavy (non-hydrogen) atoms. The van der Waals surface area contributed by atoms with Crippen LogP contribution in [0.3, 0.4) is 0 Å². The standard InChI is InChI=1S/C7H5NO4.NO3/c9-6(10)5-3-1-2-4-8(5)7(11)12;2-1(3)4/h1-4H,(H-,9,10,11,12);/q;-1/p+1. The molecule has 1 aromatic heterocycles. The first-order chi connectivity index (χ1) is 7.36. The summed E-state index contributed by atoms with van der Waals surface area (Å²) in [7, 11) is 0. The van der Waals surface area contributed by atoms with E-state index in [0.717, 1.165) is 0 Å². The van der Waals surface area contributed by atoms with Gasteiger partial charge in [-0.25, -0.2) is 4.79 Å². The third kappa shape index (κ3) is 4.50. The van der Waals surface area contributed by atoms with Crippen LogP contribution in [0.5, 0.6) is 0 Å². The molecule has 0 fully saturated rings. The molecule has 0 aliphatic heterocycles. The largest absolute Gasteiger partial charge is 0.600 e. The van der Waals surface area contributed by atoms with E-state index in [-0.39, 0.29) is 5.69 Å². The van der Waals surface area contributed by atoms with Gasteiger partial charge in [0.15, 0.2) is 6.20 Å². The first kappa shape index (κ1) is 13.3. The Balaban J connectivity index is 0.000000487. The van der Waals surface area contributed by atoms with Gasteiger partial charge in [-0.15, -0.1) is 0 Å². The fourth-order valence-electron chi connectivity index (χ4n) is 0.784. The molecule has 0 aliphatic carbocycles. The van der Waals surface area contributed by atoms with Crippen molar-refractivity contribution in [3.05, 3.63) is 45.4 Å². The van der Waals surface area contributed by atoms with Crippen molar-refractivity contribution < 1.29 is 29.5 Å². The van der Waals surface area contributed by atoms with Crippen LogP contribution in [0.4, 0.5) is 4.79 Å². The minimum atomic E-state index is -1.75. The van der Waals surface area contributed by atoms with Crippen molar-refractivity contribution in [3.8, 4) is 0 Å². The molecule has 0 spiro atoms. The number of aromatic carboxylic acids is 1. The van der Waals surface area contributed by atoms with Crippen LogP contribution in [0.1, 0.15) is 10.5 Å². The fourth-order valence-corrected chi connectivity index (χ4v) is 0.784. The molecule has 1 heterocycles. The predicted octanol–water partition coefficient (Wildman–Crippen LogP) is -0.0407. The molecular formula is C7H6N2O7. The molecule has 0 amide bonds. The summed E-state index contributed by atoms with van der Waals surface area (Å²) in [5.41, 5.74) is -0.273. The Hall–Kier alpha value is -2.71. The lowest BCUT2D eigenvalue weighted by Gasteiger charge is -1.90. The highest BCUT2D eigenvalue weighted by atomic mass is 16.9. The second-order valence-electron chi connectivity index (χ2n) is 2.27. The zero-order valence-electron chi connectivity index (χ0n) is 7.64. The van der Waals surface area contributed by atoms with Crippen LogP contribution in [0, 0.1) is 15.3 Å². The molecule has 9 heteroatoms. The first-order valence-corrected chi connectivity index (χ1v) is 3.65. The van der Waals surface area contributed by atoms with Gasteiger partial charge in [0.1, 0.15) is 0 Å². The highest BCUT2D eigenvalue weighted by Crippen LogP contribution is 1.90. The SMILES string of the molecule is O=C(O)c1cccc[n+]1C(=O)O.O=[N+]([O-])[O-]. The Bertz CT molecular complexity index is 380. The van der Waals surface area contributed by atoms with Crippen molar-refractivity contribution in [2.75, 3.05) is 0 Å². The molecule has 9 nitrogen and oxygen atoms in total. The van der Waals surface area contributed by atoms with Crippen LogP contribution < -0.4 is 4.57 Å². The van der Waals surface area contributed by atoms with Crippen LogP contribution >= 0.6 is 0 Å². The molecule has 0 aliphatic rings. The summed E-state index contributed by atoms with van der Waals surface area (Å²) >= 11 is 0. The topological polar surface area (TPSA) is 145 Å². The summed E-state index contributed by atoms with van der Waals surface area (Å²) in [4.78, 5) is 29.1. The Labute approximate surface area is 87.9 Å². The third-order valence-corrected chi connectivity index (χ3v) is 1.29. The number of carboxylic acids is 1. The summed E-state index contributed by atoms with van der Waals surface area (Å²) in [6, 6.07) is 4.12. The molecular weight excluding hydrogens is 224 g/mol. The Morgan fingerprint density at radius 2 is 1.75 bits per heavy atom. The van der Waals surface area contributed by atoms with Gasteiger partial charge in [0.25, 0.3) is 0 Å². The van der Waals surface area contributed by atoms with Gasteiger partial charge in [0.05, 0.1) is 5.09 Å². The molecule has 2 N–H and O–H groups in total. The molecule has 0 saturated heterocycles. The molecule has 1 aromatic rings. The minimum absolute atomic E-state index is 0.273. The van der Waals surface area contributed by atoms with E-state index >= 15 is 0 Å². The lowest BCUT2D eigenvalue weighted by molar-refractivity contribution is -0.587. The molecule has 0 unspecified atom stereocenters. The number of hydrogen-bond acceptors (Lipinski definition) is 5. The zero-order valence-corrected chi connectivity index (χ0v) is 7.64. The van der Waals surface area contributed by atoms with Crippen LogP contribution in [-0.4, -0.2) is 27.4 Å². The number of aromatic nitrogens is 1. The second-order valence-corrected chi connectivity index (χ2v) is 2.27. The van der Waals surface area contributed by atoms with Crippen molar-refractivity contribution in [1.82, 2.24) is 0 Å². The number of nitrogens with zero attached hydrogens (tertiary/aromatic N) is 2. The summed E-state index contributed by atoms with van der Waals surface area (Å²) in [6.45, 7) is 0. The van der Waals surface area contributed by atoms with E-state index in [1.165, 1.54) is 24.4 Å². The monoisotopic (exact) mass is 230 g/mol. The Morgan fingerprint density at radius 1 is 1.25 bits per heavy atom. The molecule has 0 radical (unpaired) electrons. The van der Waals surface area contributed by atoms with E-state index in [2.05, 4.69) is 0 Å². The normalized spacial score (nSPS) is 8.50. The number of carbonyl (C=O) groups is 2. The summed E-state index contributed by atoms with van der Waals surface area (Å²) in [6.07, 6.45) is -0.140. The fraction of sp³-hybridized carbons (Fsp3) is 0. The van der Waals surface area contributed by atoms with Gasteiger partial charge < -0.3 is 25.5 Å². The van der Waals surface area contributed by atoms with Gasteiger partial charge in [-0.3, -0.25) is 0 Å². The lowest BCUT2D eigenvalue weighted by atomic mass is 10.3. The lowest BCUT2D eigenvalue weighted by Crippen LogP contribution is -2.46. The summed E-state index contributed by atoms with van der Waals surface area (Å²) in [5.74, 6) is -1.27. The van der Waals surface area contributed by atoms with Gasteiger partial charge in [-0.1, -0.05) is 4.57 Å². The molecule has 0 aromatic carbocycles. The van der Waals surface area contributed by atoms with Gasteiger partial charge in [0, 0.05) is 12.1 Å². The van der Waals surface area contributed by atoms with E-state index in [4.69, 9.17) is 25.5 Å². The number of hydrogen-bond donors (Lipinski definition) is 2. The van der Waals surface area contributed by atoms with Crippen LogP contribution in [0.2, 0.25) is 0 Å². The van der Waals surface area contributed by atoms with E-state index in [1.54, 1.807) is 0 Å². The van der Waals surface area contributed by atoms with E-state index in [0.29, 0.717) is 4.57 Å². The van der Waals surface area contributed by atoms with Crippen LogP contribution in [0.15, 0.2) is 24.4 Å². The Kier molecular flexibility index (Phi) is 4.90. The predicted molar refractivity (Wildman–Crippen MR) is 47.4 cm³/mol. The highest BCUT2D eigenvalue weighted by Gasteiger charge is 2.23. The summed E-state index contributed by atoms with van der Waals surface area (Å²) in [5, 5.41) is 31.8. The second kappa shape index (κ2) is 5.90. The number of rotatable bonds is 1. The zero-order chi connectivity index (χ0) is 12.7. The number of carboxylic acid groups (broad SMARTS) is 2. The van der Waals surface area contributed by atoms with Crippen LogP contribution in [0.25, 0.3) is 0 Å². The maximum Gasteiger partial charge on any atom is 0.600 e. The Morgan fingerprint density at radius 3 is 2.06 bits per heavy atom. The third-order valence-electron chi connectivity index (χ3n) is 1.29. The van der Waals surface area contributed by atoms with E-state index in [9.17, 15) is 9.59 Å². The molecule has 0 bridgehead atoms. The molecule has 86 valence electrons. The van der Waals surface area contributed by atoms with Crippen LogP contribution in [-0.2, 0) is 0 Å². The van der Waals surface area contributed by atoms with Crippen molar-refractivity contribution in [2.45, 2.75) is 0 Å². The smallest absolute Gasteiger partial charge is 0.473 e. The van der Waals surface area contributed by atoms with E-state index < -0.39 is 17.1 Å². The van der Waals surface area contributed by atoms with Gasteiger partial charge >= 0.3 is 17.8 Å². The van der Waals surface area contributed by atoms with E-state index in [1.807, 2.05) is 0 Å². The highest BCUT2D eigenvalue weighted by molar-refractivity contribution is 5.84. The van der Waals surface area contributed by atoms with Gasteiger partial charge in [-0.2, -0.15) is 4.79 Å². The maximum atomic E-state index is 10.4. The number of pyridine rings is 1. The molecule has 0 atom stereocenters. The average molecular weight is 230 g/mol. The first-order valence-electron chi connectivity index (χ1n) is 3.65. The molecule has 1 rings (SSSR count). The molecule has 0 saturated carbocycles. The minimum Gasteiger partial charge on any atom is -0.473 e. The van der Waals surface area contributed by atoms with Crippen molar-refractivity contribution in [2.24, 2.45) is 0 Å². The van der Waals surface area contributed by atoms with Gasteiger partial charge in [-0.05, 0) is 6.07 Å². The average Bonchev–Trinajstić information content (AvgIpc) is 2.16. The summed E-state index contributed by atoms with van der Waals surface area (Å²) < 4.78 is 0.641. The van der Waals surface area contributed by atoms with Crippen molar-refractivity contribution >= 4 is 12.1 Å². The van der Waals surface area contributed by atoms with Gasteiger partial charge in [0.2, 0.25) is 0 Å². The van der Waals surface area contributed by atoms with Crippen molar-refractivity contribution in [1.29, 1.82) is 0 Å².